The van der Waals surface area contributed by atoms with Gasteiger partial charge < -0.3 is 15.2 Å². The molecule has 1 aromatic rings. The number of phenols is 1. The molecule has 2 rings (SSSR count). The third-order valence-corrected chi connectivity index (χ3v) is 3.15. The van der Waals surface area contributed by atoms with E-state index in [0.717, 1.165) is 31.7 Å². The number of ether oxygens (including phenoxy) is 1. The van der Waals surface area contributed by atoms with Crippen LogP contribution in [0.3, 0.4) is 0 Å². The molecule has 0 aromatic heterocycles. The standard InChI is InChI=1S/C13H18N2O3/c1-18-13(17)12(15-8-6-14-7-9-15)10-2-4-11(16)5-3-10/h2-5,12,14,16H,6-9H2,1H3. The number of nitrogens with one attached hydrogen (secondary N) is 1. The Labute approximate surface area is 106 Å². The summed E-state index contributed by atoms with van der Waals surface area (Å²) in [5.41, 5.74) is 0.849. The molecule has 1 atom stereocenters. The van der Waals surface area contributed by atoms with Gasteiger partial charge in [-0.1, -0.05) is 12.1 Å². The number of piperazine rings is 1. The zero-order valence-electron chi connectivity index (χ0n) is 10.4. The highest BCUT2D eigenvalue weighted by molar-refractivity contribution is 5.77. The second kappa shape index (κ2) is 5.84. The van der Waals surface area contributed by atoms with Crippen molar-refractivity contribution in [2.75, 3.05) is 33.3 Å². The van der Waals surface area contributed by atoms with Crippen molar-refractivity contribution in [1.29, 1.82) is 0 Å². The number of phenolic OH excluding ortho intramolecular Hbond substituents is 1. The summed E-state index contributed by atoms with van der Waals surface area (Å²) in [5, 5.41) is 12.6. The predicted molar refractivity (Wildman–Crippen MR) is 67.3 cm³/mol. The van der Waals surface area contributed by atoms with Crippen LogP contribution in [-0.4, -0.2) is 49.3 Å². The van der Waals surface area contributed by atoms with Crippen LogP contribution in [0, 0.1) is 0 Å². The van der Waals surface area contributed by atoms with Gasteiger partial charge in [0.25, 0.3) is 0 Å². The van der Waals surface area contributed by atoms with Crippen LogP contribution >= 0.6 is 0 Å². The Balaban J connectivity index is 2.23. The topological polar surface area (TPSA) is 61.8 Å². The summed E-state index contributed by atoms with van der Waals surface area (Å²) in [6.45, 7) is 3.35. The molecule has 0 aliphatic carbocycles. The van der Waals surface area contributed by atoms with E-state index in [1.807, 2.05) is 0 Å². The number of hydrogen-bond donors (Lipinski definition) is 2. The minimum atomic E-state index is -0.391. The number of benzene rings is 1. The molecule has 1 saturated heterocycles. The average Bonchev–Trinajstić information content (AvgIpc) is 2.42. The van der Waals surface area contributed by atoms with E-state index in [4.69, 9.17) is 4.74 Å². The molecule has 18 heavy (non-hydrogen) atoms. The second-order valence-corrected chi connectivity index (χ2v) is 4.30. The van der Waals surface area contributed by atoms with Crippen molar-refractivity contribution >= 4 is 5.97 Å². The highest BCUT2D eigenvalue weighted by Gasteiger charge is 2.29. The molecule has 1 unspecified atom stereocenters. The minimum Gasteiger partial charge on any atom is -0.508 e. The molecular weight excluding hydrogens is 232 g/mol. The molecule has 0 amide bonds. The molecule has 1 aliphatic rings. The fraction of sp³-hybridized carbons (Fsp3) is 0.462. The van der Waals surface area contributed by atoms with Gasteiger partial charge in [0, 0.05) is 26.2 Å². The van der Waals surface area contributed by atoms with Gasteiger partial charge in [0.2, 0.25) is 0 Å². The maximum atomic E-state index is 11.9. The Kier molecular flexibility index (Phi) is 4.17. The summed E-state index contributed by atoms with van der Waals surface area (Å²) in [6.07, 6.45) is 0. The predicted octanol–water partition coefficient (Wildman–Crippen LogP) is 0.511. The van der Waals surface area contributed by atoms with Crippen molar-refractivity contribution in [3.8, 4) is 5.75 Å². The minimum absolute atomic E-state index is 0.197. The van der Waals surface area contributed by atoms with Crippen LogP contribution in [0.4, 0.5) is 0 Å². The molecule has 0 bridgehead atoms. The van der Waals surface area contributed by atoms with Gasteiger partial charge in [-0.15, -0.1) is 0 Å². The van der Waals surface area contributed by atoms with Gasteiger partial charge in [-0.2, -0.15) is 0 Å². The number of carbonyl (C=O) groups excluding carboxylic acids is 1. The lowest BCUT2D eigenvalue weighted by atomic mass is 10.0. The number of nitrogens with zero attached hydrogens (tertiary/aromatic N) is 1. The zero-order valence-corrected chi connectivity index (χ0v) is 10.4. The van der Waals surface area contributed by atoms with E-state index in [9.17, 15) is 9.90 Å². The van der Waals surface area contributed by atoms with Gasteiger partial charge >= 0.3 is 5.97 Å². The molecule has 5 nitrogen and oxygen atoms in total. The maximum Gasteiger partial charge on any atom is 0.327 e. The van der Waals surface area contributed by atoms with E-state index in [0.29, 0.717) is 0 Å². The largest absolute Gasteiger partial charge is 0.508 e. The number of carbonyl (C=O) groups is 1. The van der Waals surface area contributed by atoms with Crippen LogP contribution in [0.2, 0.25) is 0 Å². The molecule has 1 aliphatic heterocycles. The van der Waals surface area contributed by atoms with E-state index < -0.39 is 6.04 Å². The highest BCUT2D eigenvalue weighted by Crippen LogP contribution is 2.24. The summed E-state index contributed by atoms with van der Waals surface area (Å²) in [5.74, 6) is -0.0646. The molecule has 98 valence electrons. The summed E-state index contributed by atoms with van der Waals surface area (Å²) >= 11 is 0. The van der Waals surface area contributed by atoms with Crippen molar-refractivity contribution < 1.29 is 14.6 Å². The van der Waals surface area contributed by atoms with Crippen molar-refractivity contribution in [3.63, 3.8) is 0 Å². The Hall–Kier alpha value is -1.59. The maximum absolute atomic E-state index is 11.9. The SMILES string of the molecule is COC(=O)C(c1ccc(O)cc1)N1CCNCC1. The Morgan fingerprint density at radius 1 is 1.33 bits per heavy atom. The fourth-order valence-corrected chi connectivity index (χ4v) is 2.20. The van der Waals surface area contributed by atoms with Crippen LogP contribution in [0.25, 0.3) is 0 Å². The first-order valence-electron chi connectivity index (χ1n) is 6.04. The third-order valence-electron chi connectivity index (χ3n) is 3.15. The summed E-state index contributed by atoms with van der Waals surface area (Å²) < 4.78 is 4.89. The lowest BCUT2D eigenvalue weighted by Gasteiger charge is -2.33. The normalized spacial score (nSPS) is 18.3. The van der Waals surface area contributed by atoms with Crippen LogP contribution in [0.15, 0.2) is 24.3 Å². The number of methoxy groups -OCH3 is 1. The van der Waals surface area contributed by atoms with Crippen LogP contribution in [0.1, 0.15) is 11.6 Å². The third kappa shape index (κ3) is 2.80. The molecule has 1 heterocycles. The summed E-state index contributed by atoms with van der Waals surface area (Å²) in [7, 11) is 1.40. The van der Waals surface area contributed by atoms with Crippen molar-refractivity contribution in [2.45, 2.75) is 6.04 Å². The smallest absolute Gasteiger partial charge is 0.327 e. The van der Waals surface area contributed by atoms with Gasteiger partial charge in [0.05, 0.1) is 7.11 Å². The molecular formula is C13H18N2O3. The molecule has 0 spiro atoms. The van der Waals surface area contributed by atoms with Gasteiger partial charge in [0.1, 0.15) is 11.8 Å². The molecule has 0 radical (unpaired) electrons. The van der Waals surface area contributed by atoms with Crippen LogP contribution < -0.4 is 5.32 Å². The van der Waals surface area contributed by atoms with Crippen molar-refractivity contribution in [1.82, 2.24) is 10.2 Å². The van der Waals surface area contributed by atoms with Crippen molar-refractivity contribution in [2.24, 2.45) is 0 Å². The first kappa shape index (κ1) is 12.9. The lowest BCUT2D eigenvalue weighted by Crippen LogP contribution is -2.47. The fourth-order valence-electron chi connectivity index (χ4n) is 2.20. The van der Waals surface area contributed by atoms with Crippen LogP contribution in [0.5, 0.6) is 5.75 Å². The Bertz CT molecular complexity index is 399. The number of aromatic hydroxyl groups is 1. The van der Waals surface area contributed by atoms with E-state index >= 15 is 0 Å². The molecule has 1 fully saturated rings. The summed E-state index contributed by atoms with van der Waals surface area (Å²) in [4.78, 5) is 14.0. The number of rotatable bonds is 3. The second-order valence-electron chi connectivity index (χ2n) is 4.30. The van der Waals surface area contributed by atoms with Gasteiger partial charge in [-0.25, -0.2) is 4.79 Å². The first-order chi connectivity index (χ1) is 8.72. The highest BCUT2D eigenvalue weighted by atomic mass is 16.5. The molecule has 2 N–H and O–H groups in total. The molecule has 0 saturated carbocycles. The van der Waals surface area contributed by atoms with E-state index in [2.05, 4.69) is 10.2 Å². The number of hydrogen-bond acceptors (Lipinski definition) is 5. The lowest BCUT2D eigenvalue weighted by molar-refractivity contribution is -0.147. The zero-order chi connectivity index (χ0) is 13.0. The first-order valence-corrected chi connectivity index (χ1v) is 6.04. The quantitative estimate of drug-likeness (QED) is 0.765. The van der Waals surface area contributed by atoms with Crippen LogP contribution in [-0.2, 0) is 9.53 Å². The summed E-state index contributed by atoms with van der Waals surface area (Å²) in [6, 6.07) is 6.32. The Morgan fingerprint density at radius 2 is 1.94 bits per heavy atom. The Morgan fingerprint density at radius 3 is 2.50 bits per heavy atom. The number of esters is 1. The van der Waals surface area contributed by atoms with Gasteiger partial charge in [-0.05, 0) is 17.7 Å². The molecule has 5 heteroatoms. The monoisotopic (exact) mass is 250 g/mol. The molecule has 1 aromatic carbocycles. The van der Waals surface area contributed by atoms with Gasteiger partial charge in [0.15, 0.2) is 0 Å². The average molecular weight is 250 g/mol. The van der Waals surface area contributed by atoms with E-state index in [1.165, 1.54) is 7.11 Å². The van der Waals surface area contributed by atoms with Crippen molar-refractivity contribution in [3.05, 3.63) is 29.8 Å². The van der Waals surface area contributed by atoms with Gasteiger partial charge in [-0.3, -0.25) is 4.90 Å². The van der Waals surface area contributed by atoms with E-state index in [-0.39, 0.29) is 11.7 Å². The van der Waals surface area contributed by atoms with E-state index in [1.54, 1.807) is 24.3 Å².